The Morgan fingerprint density at radius 2 is 2.19 bits per heavy atom. The minimum Gasteiger partial charge on any atom is -0.379 e. The third-order valence-electron chi connectivity index (χ3n) is 5.85. The number of aliphatic imine (C=N–C) groups is 1. The lowest BCUT2D eigenvalue weighted by Crippen LogP contribution is -2.37. The second-order valence-corrected chi connectivity index (χ2v) is 8.85. The van der Waals surface area contributed by atoms with E-state index in [0.29, 0.717) is 23.2 Å². The second kappa shape index (κ2) is 7.12. The predicted molar refractivity (Wildman–Crippen MR) is 111 cm³/mol. The number of nitrogens with two attached hydrogens (primary N) is 1. The van der Waals surface area contributed by atoms with Crippen LogP contribution in [0.1, 0.15) is 52.5 Å². The number of amidine groups is 1. The van der Waals surface area contributed by atoms with Crippen molar-refractivity contribution in [1.82, 2.24) is 4.98 Å². The topological polar surface area (TPSA) is 68.3 Å². The van der Waals surface area contributed by atoms with Crippen molar-refractivity contribution in [3.63, 3.8) is 0 Å². The highest BCUT2D eigenvalue weighted by atomic mass is 32.2. The molecule has 4 nitrogen and oxygen atoms in total. The lowest BCUT2D eigenvalue weighted by atomic mass is 9.78. The number of hydrogen-bond acceptors (Lipinski definition) is 5. The molecule has 2 aliphatic rings. The Morgan fingerprint density at radius 1 is 1.33 bits per heavy atom. The molecule has 27 heavy (non-hydrogen) atoms. The molecule has 1 aromatic heterocycles. The monoisotopic (exact) mass is 379 g/mol. The van der Waals surface area contributed by atoms with Gasteiger partial charge in [-0.25, -0.2) is 0 Å². The summed E-state index contributed by atoms with van der Waals surface area (Å²) in [5.74, 6) is 1.55. The fraction of sp³-hybridized carbons (Fsp3) is 0.409. The molecular weight excluding hydrogens is 354 g/mol. The summed E-state index contributed by atoms with van der Waals surface area (Å²) in [7, 11) is 0. The van der Waals surface area contributed by atoms with Crippen LogP contribution in [-0.4, -0.2) is 21.7 Å². The highest BCUT2D eigenvalue weighted by Gasteiger charge is 2.41. The largest absolute Gasteiger partial charge is 0.379 e. The van der Waals surface area contributed by atoms with E-state index in [1.54, 1.807) is 18.0 Å². The van der Waals surface area contributed by atoms with E-state index in [0.717, 1.165) is 29.7 Å². The lowest BCUT2D eigenvalue weighted by molar-refractivity contribution is 0.0988. The van der Waals surface area contributed by atoms with Crippen LogP contribution in [0, 0.1) is 12.8 Å². The number of rotatable bonds is 3. The highest BCUT2D eigenvalue weighted by molar-refractivity contribution is 8.13. The smallest absolute Gasteiger partial charge is 0.185 e. The molecule has 5 heteroatoms. The summed E-state index contributed by atoms with van der Waals surface area (Å²) in [5, 5.41) is 0.673. The van der Waals surface area contributed by atoms with Crippen LogP contribution in [0.3, 0.4) is 0 Å². The molecule has 0 saturated heterocycles. The highest BCUT2D eigenvalue weighted by Crippen LogP contribution is 2.45. The standard InChI is InChI=1S/C22H25N3OS/c1-14-6-9-19(24-12-14)20(26)11-15-7-8-16-4-3-5-17-13-27-21(23)25-22(17,2)18(16)10-15/h6-10,12,17H,3-5,11,13H2,1-2H3,(H2,23,25)/t17-,22+/m1/s1. The number of hydrogen-bond donors (Lipinski definition) is 1. The van der Waals surface area contributed by atoms with Gasteiger partial charge in [0.05, 0.1) is 5.54 Å². The van der Waals surface area contributed by atoms with Crippen LogP contribution in [0.15, 0.2) is 41.5 Å². The molecule has 2 aromatic rings. The molecule has 0 spiro atoms. The van der Waals surface area contributed by atoms with Gasteiger partial charge in [0, 0.05) is 18.4 Å². The number of aromatic nitrogens is 1. The van der Waals surface area contributed by atoms with Crippen molar-refractivity contribution in [3.8, 4) is 0 Å². The number of fused-ring (bicyclic) bond motifs is 3. The Balaban J connectivity index is 1.68. The fourth-order valence-electron chi connectivity index (χ4n) is 4.22. The molecule has 2 N–H and O–H groups in total. The second-order valence-electron chi connectivity index (χ2n) is 7.81. The average molecular weight is 380 g/mol. The zero-order valence-electron chi connectivity index (χ0n) is 15.9. The zero-order chi connectivity index (χ0) is 19.0. The third-order valence-corrected chi connectivity index (χ3v) is 6.81. The van der Waals surface area contributed by atoms with Gasteiger partial charge in [-0.3, -0.25) is 14.8 Å². The number of aryl methyl sites for hydroxylation is 2. The third kappa shape index (κ3) is 3.53. The van der Waals surface area contributed by atoms with E-state index in [1.165, 1.54) is 17.5 Å². The molecule has 2 heterocycles. The maximum atomic E-state index is 12.7. The Bertz CT molecular complexity index is 906. The van der Waals surface area contributed by atoms with E-state index >= 15 is 0 Å². The number of nitrogens with zero attached hydrogens (tertiary/aromatic N) is 2. The average Bonchev–Trinajstić information content (AvgIpc) is 2.78. The van der Waals surface area contributed by atoms with Crippen molar-refractivity contribution in [2.45, 2.75) is 45.1 Å². The number of Topliss-reactive ketones (excluding diaryl/α,β-unsaturated/α-hetero) is 1. The van der Waals surface area contributed by atoms with Gasteiger partial charge in [-0.15, -0.1) is 0 Å². The molecule has 0 amide bonds. The van der Waals surface area contributed by atoms with Gasteiger partial charge in [0.15, 0.2) is 11.0 Å². The van der Waals surface area contributed by atoms with Crippen LogP contribution < -0.4 is 5.73 Å². The quantitative estimate of drug-likeness (QED) is 0.817. The first-order valence-corrected chi connectivity index (χ1v) is 10.5. The summed E-state index contributed by atoms with van der Waals surface area (Å²) >= 11 is 1.66. The lowest BCUT2D eigenvalue weighted by Gasteiger charge is -2.37. The number of benzene rings is 1. The van der Waals surface area contributed by atoms with E-state index in [2.05, 4.69) is 30.1 Å². The van der Waals surface area contributed by atoms with Gasteiger partial charge in [0.1, 0.15) is 5.69 Å². The first-order valence-electron chi connectivity index (χ1n) is 9.52. The van der Waals surface area contributed by atoms with E-state index < -0.39 is 0 Å². The zero-order valence-corrected chi connectivity index (χ0v) is 16.7. The molecule has 0 bridgehead atoms. The van der Waals surface area contributed by atoms with Gasteiger partial charge in [-0.2, -0.15) is 0 Å². The van der Waals surface area contributed by atoms with Crippen LogP contribution in [0.25, 0.3) is 0 Å². The van der Waals surface area contributed by atoms with Gasteiger partial charge < -0.3 is 5.73 Å². The van der Waals surface area contributed by atoms with E-state index in [4.69, 9.17) is 10.7 Å². The Morgan fingerprint density at radius 3 is 2.96 bits per heavy atom. The van der Waals surface area contributed by atoms with Crippen LogP contribution in [0.2, 0.25) is 0 Å². The normalized spacial score (nSPS) is 24.4. The predicted octanol–water partition coefficient (Wildman–Crippen LogP) is 4.04. The molecule has 2 atom stereocenters. The Labute approximate surface area is 164 Å². The van der Waals surface area contributed by atoms with E-state index in [-0.39, 0.29) is 11.3 Å². The van der Waals surface area contributed by atoms with Crippen molar-refractivity contribution in [1.29, 1.82) is 0 Å². The maximum absolute atomic E-state index is 12.7. The van der Waals surface area contributed by atoms with Crippen LogP contribution >= 0.6 is 11.8 Å². The van der Waals surface area contributed by atoms with E-state index in [1.807, 2.05) is 19.1 Å². The van der Waals surface area contributed by atoms with Gasteiger partial charge >= 0.3 is 0 Å². The fourth-order valence-corrected chi connectivity index (χ4v) is 5.33. The SMILES string of the molecule is Cc1ccc(C(=O)Cc2ccc3c(c2)[C@@]2(C)N=C(N)SC[C@H]2CCC3)nc1. The first-order chi connectivity index (χ1) is 13.0. The number of thioether (sulfide) groups is 1. The summed E-state index contributed by atoms with van der Waals surface area (Å²) in [6, 6.07) is 10.2. The van der Waals surface area contributed by atoms with Crippen LogP contribution in [0.4, 0.5) is 0 Å². The van der Waals surface area contributed by atoms with Gasteiger partial charge in [0.2, 0.25) is 0 Å². The van der Waals surface area contributed by atoms with Crippen molar-refractivity contribution in [3.05, 3.63) is 64.5 Å². The minimum atomic E-state index is -0.289. The van der Waals surface area contributed by atoms with Gasteiger partial charge in [-0.1, -0.05) is 36.0 Å². The van der Waals surface area contributed by atoms with Crippen LogP contribution in [-0.2, 0) is 18.4 Å². The van der Waals surface area contributed by atoms with Crippen LogP contribution in [0.5, 0.6) is 0 Å². The number of carbonyl (C=O) groups excluding carboxylic acids is 1. The molecule has 0 radical (unpaired) electrons. The van der Waals surface area contributed by atoms with Crippen molar-refractivity contribution in [2.24, 2.45) is 16.6 Å². The molecule has 0 unspecified atom stereocenters. The minimum absolute atomic E-state index is 0.0486. The molecule has 1 aliphatic carbocycles. The Hall–Kier alpha value is -2.14. The summed E-state index contributed by atoms with van der Waals surface area (Å²) in [4.78, 5) is 21.8. The van der Waals surface area contributed by atoms with Crippen molar-refractivity contribution < 1.29 is 4.79 Å². The summed E-state index contributed by atoms with van der Waals surface area (Å²) in [6.45, 7) is 4.18. The molecule has 4 rings (SSSR count). The Kier molecular flexibility index (Phi) is 4.81. The first kappa shape index (κ1) is 18.2. The molecule has 0 fully saturated rings. The summed E-state index contributed by atoms with van der Waals surface area (Å²) < 4.78 is 0. The summed E-state index contributed by atoms with van der Waals surface area (Å²) in [5.41, 5.74) is 11.0. The number of pyridine rings is 1. The molecule has 1 aromatic carbocycles. The van der Waals surface area contributed by atoms with E-state index in [9.17, 15) is 4.79 Å². The maximum Gasteiger partial charge on any atom is 0.185 e. The molecule has 1 aliphatic heterocycles. The molecule has 0 saturated carbocycles. The molecule has 140 valence electrons. The van der Waals surface area contributed by atoms with Gasteiger partial charge in [-0.05, 0) is 67.3 Å². The van der Waals surface area contributed by atoms with Crippen molar-refractivity contribution >= 4 is 22.7 Å². The number of ketones is 1. The summed E-state index contributed by atoms with van der Waals surface area (Å²) in [6.07, 6.45) is 5.51. The molecular formula is C22H25N3OS. The van der Waals surface area contributed by atoms with Crippen molar-refractivity contribution in [2.75, 3.05) is 5.75 Å². The number of carbonyl (C=O) groups is 1. The van der Waals surface area contributed by atoms with Gasteiger partial charge in [0.25, 0.3) is 0 Å².